The monoisotopic (exact) mass is 193 g/mol. The van der Waals surface area contributed by atoms with Gasteiger partial charge in [0.25, 0.3) is 0 Å². The Balaban J connectivity index is 3.02. The number of carbonyl (C=O) groups excluding carboxylic acids is 1. The molecule has 76 valence electrons. The summed E-state index contributed by atoms with van der Waals surface area (Å²) in [6.45, 7) is 3.42. The van der Waals surface area contributed by atoms with Crippen molar-refractivity contribution >= 4 is 5.78 Å². The Bertz CT molecular complexity index is 347. The maximum absolute atomic E-state index is 11.1. The maximum Gasteiger partial charge on any atom is 0.150 e. The SMILES string of the molecule is COc1ccc(C(N)C(C)=O)cc1C. The van der Waals surface area contributed by atoms with Crippen LogP contribution in [0, 0.1) is 6.92 Å². The minimum atomic E-state index is -0.528. The summed E-state index contributed by atoms with van der Waals surface area (Å²) >= 11 is 0. The largest absolute Gasteiger partial charge is 0.496 e. The van der Waals surface area contributed by atoms with Gasteiger partial charge in [-0.05, 0) is 31.0 Å². The van der Waals surface area contributed by atoms with Crippen molar-refractivity contribution in [3.05, 3.63) is 29.3 Å². The number of carbonyl (C=O) groups is 1. The molecule has 0 aliphatic rings. The molecule has 0 saturated heterocycles. The lowest BCUT2D eigenvalue weighted by Crippen LogP contribution is -2.18. The van der Waals surface area contributed by atoms with Crippen molar-refractivity contribution in [2.45, 2.75) is 19.9 Å². The number of Topliss-reactive ketones (excluding diaryl/α,β-unsaturated/α-hetero) is 1. The molecule has 0 aromatic heterocycles. The van der Waals surface area contributed by atoms with E-state index >= 15 is 0 Å². The van der Waals surface area contributed by atoms with Crippen LogP contribution in [0.5, 0.6) is 5.75 Å². The molecule has 0 aliphatic heterocycles. The summed E-state index contributed by atoms with van der Waals surface area (Å²) < 4.78 is 5.11. The standard InChI is InChI=1S/C11H15NO2/c1-7-6-9(11(12)8(2)13)4-5-10(7)14-3/h4-6,11H,12H2,1-3H3. The number of aryl methyl sites for hydroxylation is 1. The maximum atomic E-state index is 11.1. The molecule has 3 heteroatoms. The molecular weight excluding hydrogens is 178 g/mol. The summed E-state index contributed by atoms with van der Waals surface area (Å²) in [4.78, 5) is 11.1. The molecule has 0 heterocycles. The molecule has 1 rings (SSSR count). The van der Waals surface area contributed by atoms with Crippen LogP contribution in [0.2, 0.25) is 0 Å². The second-order valence-electron chi connectivity index (χ2n) is 3.32. The van der Waals surface area contributed by atoms with E-state index in [1.807, 2.05) is 25.1 Å². The highest BCUT2D eigenvalue weighted by molar-refractivity contribution is 5.82. The van der Waals surface area contributed by atoms with Gasteiger partial charge >= 0.3 is 0 Å². The first-order valence-electron chi connectivity index (χ1n) is 4.47. The normalized spacial score (nSPS) is 12.3. The fraction of sp³-hybridized carbons (Fsp3) is 0.364. The van der Waals surface area contributed by atoms with Crippen molar-refractivity contribution in [3.63, 3.8) is 0 Å². The molecule has 1 aromatic rings. The van der Waals surface area contributed by atoms with Crippen LogP contribution >= 0.6 is 0 Å². The third-order valence-electron chi connectivity index (χ3n) is 2.22. The molecule has 0 fully saturated rings. The van der Waals surface area contributed by atoms with Crippen LogP contribution in [-0.4, -0.2) is 12.9 Å². The highest BCUT2D eigenvalue weighted by Gasteiger charge is 2.11. The molecule has 0 amide bonds. The fourth-order valence-electron chi connectivity index (χ4n) is 1.33. The average Bonchev–Trinajstić information content (AvgIpc) is 2.16. The van der Waals surface area contributed by atoms with Gasteiger partial charge in [0.1, 0.15) is 5.75 Å². The van der Waals surface area contributed by atoms with Gasteiger partial charge < -0.3 is 10.5 Å². The van der Waals surface area contributed by atoms with Crippen LogP contribution in [-0.2, 0) is 4.79 Å². The first-order chi connectivity index (χ1) is 6.56. The van der Waals surface area contributed by atoms with Crippen molar-refractivity contribution in [3.8, 4) is 5.75 Å². The number of ketones is 1. The van der Waals surface area contributed by atoms with Crippen LogP contribution < -0.4 is 10.5 Å². The lowest BCUT2D eigenvalue weighted by Gasteiger charge is -2.11. The Morgan fingerprint density at radius 2 is 2.14 bits per heavy atom. The van der Waals surface area contributed by atoms with Crippen LogP contribution in [0.3, 0.4) is 0 Å². The summed E-state index contributed by atoms with van der Waals surface area (Å²) in [6, 6.07) is 5.00. The van der Waals surface area contributed by atoms with Gasteiger partial charge in [-0.1, -0.05) is 12.1 Å². The van der Waals surface area contributed by atoms with E-state index < -0.39 is 6.04 Å². The molecule has 0 spiro atoms. The molecule has 14 heavy (non-hydrogen) atoms. The van der Waals surface area contributed by atoms with Gasteiger partial charge in [0.05, 0.1) is 13.2 Å². The molecule has 1 atom stereocenters. The summed E-state index contributed by atoms with van der Waals surface area (Å²) in [5, 5.41) is 0. The Hall–Kier alpha value is -1.35. The minimum Gasteiger partial charge on any atom is -0.496 e. The Morgan fingerprint density at radius 3 is 2.57 bits per heavy atom. The van der Waals surface area contributed by atoms with Crippen LogP contribution in [0.4, 0.5) is 0 Å². The first-order valence-corrected chi connectivity index (χ1v) is 4.47. The van der Waals surface area contributed by atoms with E-state index in [2.05, 4.69) is 0 Å². The van der Waals surface area contributed by atoms with Gasteiger partial charge in [0, 0.05) is 0 Å². The lowest BCUT2D eigenvalue weighted by molar-refractivity contribution is -0.118. The van der Waals surface area contributed by atoms with Crippen LogP contribution in [0.25, 0.3) is 0 Å². The van der Waals surface area contributed by atoms with Crippen LogP contribution in [0.1, 0.15) is 24.1 Å². The number of hydrogen-bond donors (Lipinski definition) is 1. The smallest absolute Gasteiger partial charge is 0.150 e. The summed E-state index contributed by atoms with van der Waals surface area (Å²) in [7, 11) is 1.62. The van der Waals surface area contributed by atoms with Gasteiger partial charge in [-0.3, -0.25) is 4.79 Å². The highest BCUT2D eigenvalue weighted by Crippen LogP contribution is 2.21. The third kappa shape index (κ3) is 2.12. The molecule has 1 unspecified atom stereocenters. The van der Waals surface area contributed by atoms with Gasteiger partial charge in [0.2, 0.25) is 0 Å². The summed E-state index contributed by atoms with van der Waals surface area (Å²) in [5.41, 5.74) is 7.52. The first kappa shape index (κ1) is 10.7. The molecule has 0 bridgehead atoms. The van der Waals surface area contributed by atoms with E-state index in [9.17, 15) is 4.79 Å². The topological polar surface area (TPSA) is 52.3 Å². The molecule has 0 aliphatic carbocycles. The van der Waals surface area contributed by atoms with Crippen molar-refractivity contribution in [2.24, 2.45) is 5.73 Å². The average molecular weight is 193 g/mol. The predicted molar refractivity (Wildman–Crippen MR) is 55.3 cm³/mol. The van der Waals surface area contributed by atoms with E-state index in [1.54, 1.807) is 7.11 Å². The molecule has 1 aromatic carbocycles. The van der Waals surface area contributed by atoms with Crippen LogP contribution in [0.15, 0.2) is 18.2 Å². The van der Waals surface area contributed by atoms with E-state index in [4.69, 9.17) is 10.5 Å². The molecule has 3 nitrogen and oxygen atoms in total. The van der Waals surface area contributed by atoms with Gasteiger partial charge in [0.15, 0.2) is 5.78 Å². The van der Waals surface area contributed by atoms with Crippen molar-refractivity contribution < 1.29 is 9.53 Å². The Labute approximate surface area is 83.9 Å². The second kappa shape index (κ2) is 4.24. The minimum absolute atomic E-state index is 0.0328. The van der Waals surface area contributed by atoms with Crippen molar-refractivity contribution in [1.82, 2.24) is 0 Å². The molecular formula is C11H15NO2. The zero-order valence-electron chi connectivity index (χ0n) is 8.70. The highest BCUT2D eigenvalue weighted by atomic mass is 16.5. The summed E-state index contributed by atoms with van der Waals surface area (Å²) in [6.07, 6.45) is 0. The van der Waals surface area contributed by atoms with E-state index in [1.165, 1.54) is 6.92 Å². The number of rotatable bonds is 3. The predicted octanol–water partition coefficient (Wildman–Crippen LogP) is 1.59. The van der Waals surface area contributed by atoms with Gasteiger partial charge in [-0.15, -0.1) is 0 Å². The van der Waals surface area contributed by atoms with E-state index in [-0.39, 0.29) is 5.78 Å². The second-order valence-corrected chi connectivity index (χ2v) is 3.32. The third-order valence-corrected chi connectivity index (χ3v) is 2.22. The Morgan fingerprint density at radius 1 is 1.50 bits per heavy atom. The molecule has 2 N–H and O–H groups in total. The van der Waals surface area contributed by atoms with Gasteiger partial charge in [-0.2, -0.15) is 0 Å². The zero-order chi connectivity index (χ0) is 10.7. The number of hydrogen-bond acceptors (Lipinski definition) is 3. The molecule has 0 radical (unpaired) electrons. The fourth-order valence-corrected chi connectivity index (χ4v) is 1.33. The number of nitrogens with two attached hydrogens (primary N) is 1. The van der Waals surface area contributed by atoms with E-state index in [0.717, 1.165) is 16.9 Å². The number of benzene rings is 1. The summed E-state index contributed by atoms with van der Waals surface area (Å²) in [5.74, 6) is 0.777. The van der Waals surface area contributed by atoms with Crippen molar-refractivity contribution in [1.29, 1.82) is 0 Å². The lowest BCUT2D eigenvalue weighted by atomic mass is 10.0. The van der Waals surface area contributed by atoms with E-state index in [0.29, 0.717) is 0 Å². The molecule has 0 saturated carbocycles. The Kier molecular flexibility index (Phi) is 3.25. The number of ether oxygens (including phenoxy) is 1. The van der Waals surface area contributed by atoms with Crippen molar-refractivity contribution in [2.75, 3.05) is 7.11 Å². The number of methoxy groups -OCH3 is 1. The quantitative estimate of drug-likeness (QED) is 0.793. The van der Waals surface area contributed by atoms with Gasteiger partial charge in [-0.25, -0.2) is 0 Å². The zero-order valence-corrected chi connectivity index (χ0v) is 8.70.